The van der Waals surface area contributed by atoms with Crippen LogP contribution in [0.25, 0.3) is 0 Å². The van der Waals surface area contributed by atoms with Crippen LogP contribution in [-0.4, -0.2) is 185 Å². The second-order valence-electron chi connectivity index (χ2n) is 39.3. The van der Waals surface area contributed by atoms with Crippen molar-refractivity contribution in [1.82, 2.24) is 0 Å². The van der Waals surface area contributed by atoms with Crippen LogP contribution in [0.5, 0.6) is 0 Å². The number of cyclic esters (lactones) is 1. The summed E-state index contributed by atoms with van der Waals surface area (Å²) in [5, 5.41) is 9.31. The fraction of sp³-hybridized carbons (Fsp3) is 0.861. The lowest BCUT2D eigenvalue weighted by Crippen LogP contribution is -2.57. The monoisotopic (exact) mass is 1860 g/mol. The first-order valence-corrected chi connectivity index (χ1v) is 43.1. The predicted molar refractivity (Wildman–Crippen MR) is 499 cm³/mol. The highest BCUT2D eigenvalue weighted by Crippen LogP contribution is 2.63. The lowest BCUT2D eigenvalue weighted by molar-refractivity contribution is -0.221. The average Bonchev–Trinajstić information content (AvgIpc) is 1.54. The van der Waals surface area contributed by atoms with Gasteiger partial charge in [-0.2, -0.15) is 5.26 Å². The van der Waals surface area contributed by atoms with Crippen LogP contribution < -0.4 is 0 Å². The molecule has 18 fully saturated rings. The van der Waals surface area contributed by atoms with Crippen molar-refractivity contribution >= 4 is 77.6 Å². The molecule has 130 heavy (non-hydrogen) atoms. The molecule has 0 N–H and O–H groups in total. The number of rotatable bonds is 18. The van der Waals surface area contributed by atoms with E-state index in [0.29, 0.717) is 63.4 Å². The van der Waals surface area contributed by atoms with Crippen LogP contribution in [0.4, 0.5) is 0 Å². The number of hydrogen-bond acceptors (Lipinski definition) is 29. The van der Waals surface area contributed by atoms with Crippen molar-refractivity contribution in [3.63, 3.8) is 0 Å². The Labute approximate surface area is 783 Å². The molecule has 0 aromatic rings. The molecule has 10 aliphatic heterocycles. The summed E-state index contributed by atoms with van der Waals surface area (Å²) in [6, 6.07) is 2.15. The van der Waals surface area contributed by atoms with Gasteiger partial charge in [-0.25, -0.2) is 0 Å². The van der Waals surface area contributed by atoms with E-state index in [1.54, 1.807) is 14.2 Å². The van der Waals surface area contributed by atoms with Crippen LogP contribution in [0.15, 0.2) is 0 Å². The molecule has 18 rings (SSSR count). The quantitative estimate of drug-likeness (QED) is 0.0908. The molecule has 18 aliphatic rings. The highest BCUT2D eigenvalue weighted by Gasteiger charge is 2.74. The smallest absolute Gasteiger partial charge is 0.327 e. The third-order valence-corrected chi connectivity index (χ3v) is 29.5. The first kappa shape index (κ1) is 129. The zero-order valence-electron chi connectivity index (χ0n) is 73.9. The second-order valence-corrected chi connectivity index (χ2v) is 39.3. The fourth-order valence-corrected chi connectivity index (χ4v) is 19.0. The third kappa shape index (κ3) is 25.6. The molecule has 29 heteroatoms. The van der Waals surface area contributed by atoms with Gasteiger partial charge >= 0.3 is 77.6 Å². The van der Waals surface area contributed by atoms with Crippen molar-refractivity contribution in [1.29, 1.82) is 5.26 Å². The van der Waals surface area contributed by atoms with Crippen molar-refractivity contribution in [2.24, 2.45) is 115 Å². The van der Waals surface area contributed by atoms with Gasteiger partial charge in [0, 0.05) is 62.1 Å². The van der Waals surface area contributed by atoms with E-state index in [-0.39, 0.29) is 250 Å². The van der Waals surface area contributed by atoms with Crippen LogP contribution in [0.2, 0.25) is 0 Å². The Balaban J connectivity index is -0.000000707. The lowest BCUT2D eigenvalue weighted by Gasteiger charge is -2.48. The molecule has 29 nitrogen and oxygen atoms in total. The minimum absolute atomic E-state index is 0. The zero-order valence-corrected chi connectivity index (χ0v) is 73.9. The van der Waals surface area contributed by atoms with Crippen molar-refractivity contribution in [3.05, 3.63) is 0 Å². The average molecular weight is 1860 g/mol. The molecule has 10 heterocycles. The van der Waals surface area contributed by atoms with Crippen LogP contribution in [0, 0.1) is 126 Å². The van der Waals surface area contributed by atoms with Gasteiger partial charge < -0.3 is 71.1 Å². The minimum atomic E-state index is -0.974. The number of esters is 13. The summed E-state index contributed by atoms with van der Waals surface area (Å²) in [5.41, 5.74) is -4.47. The zero-order chi connectivity index (χ0) is 87.8. The third-order valence-electron chi connectivity index (χ3n) is 29.5. The Morgan fingerprint density at radius 1 is 0.415 bits per heavy atom. The van der Waals surface area contributed by atoms with Gasteiger partial charge in [0.15, 0.2) is 17.6 Å². The predicted octanol–water partition coefficient (Wildman–Crippen LogP) is 19.4. The molecule has 10 saturated heterocycles. The first-order valence-electron chi connectivity index (χ1n) is 43.1. The van der Waals surface area contributed by atoms with Gasteiger partial charge in [0.05, 0.1) is 101 Å². The second kappa shape index (κ2) is 50.2. The number of ether oxygens (including phenoxy) is 15. The molecule has 0 radical (unpaired) electrons. The summed E-state index contributed by atoms with van der Waals surface area (Å²) in [5.74, 6) is -2.88. The first-order chi connectivity index (χ1) is 55.2. The number of hydrogen-bond donors (Lipinski definition) is 0. The van der Waals surface area contributed by atoms with E-state index >= 15 is 0 Å². The maximum absolute atomic E-state index is 12.4. The van der Waals surface area contributed by atoms with E-state index in [2.05, 4.69) is 15.5 Å². The van der Waals surface area contributed by atoms with E-state index in [4.69, 9.17) is 61.6 Å². The van der Waals surface area contributed by atoms with Gasteiger partial charge in [0.2, 0.25) is 0 Å². The molecule has 26 unspecified atom stereocenters. The van der Waals surface area contributed by atoms with E-state index in [1.807, 2.05) is 132 Å². The number of carbonyl (C=O) groups is 13. The summed E-state index contributed by atoms with van der Waals surface area (Å²) >= 11 is 0. The fourth-order valence-electron chi connectivity index (χ4n) is 19.0. The van der Waals surface area contributed by atoms with Gasteiger partial charge in [-0.1, -0.05) is 144 Å². The topological polar surface area (TPSA) is 384 Å². The Bertz CT molecular complexity index is 3710. The van der Waals surface area contributed by atoms with E-state index in [0.717, 1.165) is 57.8 Å². The molecule has 8 saturated carbocycles. The molecular formula is C101H181NO28. The Hall–Kier alpha value is -7.48. The molecular weight excluding hydrogens is 1680 g/mol. The highest BCUT2D eigenvalue weighted by atomic mass is 16.7. The summed E-state index contributed by atoms with van der Waals surface area (Å²) in [6.45, 7) is 36.7. The molecule has 758 valence electrons. The number of fused-ring (bicyclic) bond motifs is 8. The van der Waals surface area contributed by atoms with Crippen LogP contribution >= 0.6 is 0 Å². The summed E-state index contributed by atoms with van der Waals surface area (Å²) in [7, 11) is 5.98. The van der Waals surface area contributed by atoms with Crippen LogP contribution in [0.1, 0.15) is 343 Å². The highest BCUT2D eigenvalue weighted by molar-refractivity contribution is 5.88. The minimum Gasteiger partial charge on any atom is -0.469 e. The van der Waals surface area contributed by atoms with E-state index < -0.39 is 92.4 Å². The number of nitrogens with zero attached hydrogens (tertiary/aromatic N) is 1. The Morgan fingerprint density at radius 3 is 1.31 bits per heavy atom. The van der Waals surface area contributed by atoms with Gasteiger partial charge in [-0.15, -0.1) is 0 Å². The standard InChI is InChI=1S/C16H22O6.C15H19NO4.C14H20O4.C14H22O4.C13H18O5.C8H12O2.C7H14O2.C2H6O.12CH4/c1-5-16(2,3)15(19)22-12-7-6-8-10(9(7)13(17)20-4)14(18)21-11(8)12;1-4-14(2,3)12(17)19-10-8-5-9-11(10)20-13(18)15(9,6-8)7-16;1-4-14(2,3)13(16)18-11-8-5-7-6-9(8)12(15)17-10(7)11;1-5-13(2,3)12(16)17-10-8-9-6-7-14(10,4)18-11(9)15;1-4-13(2,3)12(15)18-9-7-5-6-8(16-7)10(9)17-11(6)14;9-8-7-4-2-1-3-6(7)5-10-8;1-5-7(2,3)6(8)9-4;1-3-2;;;;;;;;;;;;/h7-12H,5-6H2,1-4H3;8-11H,4-6H2,1-3H3;7-11H,4-6H2,1-3H3;9-10H,5-8H2,1-4H3;6-10H,4-5H2,1-3H3;6-7H,1-5H2;5H2,1-4H3;1-2H3;12*1H4. The SMILES string of the molecule is C.C.C.C.C.C.C.C.C.C.C.C.CCC(C)(C)C(=O)OC.CCC(C)(C)C(=O)OC1C2CC3C(=O)OC1C3O2.CCC(C)(C)C(=O)OC1C2CC3C1OC(=O)C3(C#N)C2.CCC(C)(C)C(=O)OC1C2CC3C1OC(=O)C3C2C(=O)OC.CCC(C)(C)C(=O)OC1C2CC3CC2C(=O)OC31.CCC(C)(C)C(=O)OC1CC2CCC1(C)OC2=O.COC.O=C1OCC2CCCCC12. The van der Waals surface area contributed by atoms with Crippen LogP contribution in [0.3, 0.4) is 0 Å². The van der Waals surface area contributed by atoms with Crippen molar-refractivity contribution in [2.75, 3.05) is 35.0 Å². The molecule has 0 aromatic heterocycles. The maximum Gasteiger partial charge on any atom is 0.327 e. The van der Waals surface area contributed by atoms with E-state index in [9.17, 15) is 67.6 Å². The molecule has 12 bridgehead atoms. The van der Waals surface area contributed by atoms with Gasteiger partial charge in [0.25, 0.3) is 0 Å². The van der Waals surface area contributed by atoms with Gasteiger partial charge in [-0.3, -0.25) is 62.3 Å². The Morgan fingerprint density at radius 2 is 0.862 bits per heavy atom. The summed E-state index contributed by atoms with van der Waals surface area (Å²) in [6.07, 6.45) is 12.2. The number of nitriles is 1. The van der Waals surface area contributed by atoms with Gasteiger partial charge in [-0.05, 0) is 193 Å². The van der Waals surface area contributed by atoms with Gasteiger partial charge in [0.1, 0.15) is 54.4 Å². The van der Waals surface area contributed by atoms with Crippen molar-refractivity contribution < 1.29 is 133 Å². The Kier molecular flexibility index (Phi) is 49.7. The number of carbonyl (C=O) groups excluding carboxylic acids is 13. The maximum atomic E-state index is 12.4. The molecule has 26 atom stereocenters. The summed E-state index contributed by atoms with van der Waals surface area (Å²) in [4.78, 5) is 153. The molecule has 0 amide bonds. The largest absolute Gasteiger partial charge is 0.469 e. The normalized spacial score (nSPS) is 33.1. The van der Waals surface area contributed by atoms with E-state index in [1.165, 1.54) is 33.5 Å². The molecule has 0 spiro atoms. The number of methoxy groups -OCH3 is 3. The van der Waals surface area contributed by atoms with Crippen molar-refractivity contribution in [3.8, 4) is 6.07 Å². The van der Waals surface area contributed by atoms with Crippen LogP contribution in [-0.2, 0) is 133 Å². The summed E-state index contributed by atoms with van der Waals surface area (Å²) < 4.78 is 79.2. The molecule has 8 aliphatic carbocycles. The molecule has 0 aromatic carbocycles. The lowest BCUT2D eigenvalue weighted by atomic mass is 9.74. The van der Waals surface area contributed by atoms with Crippen molar-refractivity contribution in [2.45, 2.75) is 415 Å².